The zero-order chi connectivity index (χ0) is 11.8. The van der Waals surface area contributed by atoms with Crippen LogP contribution < -0.4 is 0 Å². The van der Waals surface area contributed by atoms with Crippen LogP contribution in [-0.4, -0.2) is 5.78 Å². The topological polar surface area (TPSA) is 17.1 Å². The van der Waals surface area contributed by atoms with Crippen molar-refractivity contribution in [2.45, 2.75) is 66.7 Å². The Morgan fingerprint density at radius 1 is 1.00 bits per heavy atom. The van der Waals surface area contributed by atoms with Gasteiger partial charge in [0.1, 0.15) is 5.78 Å². The molecular formula is C14H28O. The fourth-order valence-electron chi connectivity index (χ4n) is 2.44. The lowest BCUT2D eigenvalue weighted by Crippen LogP contribution is -2.25. The van der Waals surface area contributed by atoms with Gasteiger partial charge in [-0.05, 0) is 11.8 Å². The van der Waals surface area contributed by atoms with Crippen molar-refractivity contribution in [3.63, 3.8) is 0 Å². The van der Waals surface area contributed by atoms with Crippen molar-refractivity contribution in [2.24, 2.45) is 17.8 Å². The summed E-state index contributed by atoms with van der Waals surface area (Å²) in [5.74, 6) is 1.97. The second kappa shape index (κ2) is 7.90. The minimum Gasteiger partial charge on any atom is -0.299 e. The summed E-state index contributed by atoms with van der Waals surface area (Å²) >= 11 is 0. The van der Waals surface area contributed by atoms with E-state index < -0.39 is 0 Å². The molecule has 0 bridgehead atoms. The molecule has 0 rings (SSSR count). The molecular weight excluding hydrogens is 184 g/mol. The SMILES string of the molecule is CCCC(CCC)C(C)C(C)C(=O)CC. The van der Waals surface area contributed by atoms with E-state index in [4.69, 9.17) is 0 Å². The van der Waals surface area contributed by atoms with Crippen molar-refractivity contribution in [1.29, 1.82) is 0 Å². The predicted molar refractivity (Wildman–Crippen MR) is 66.9 cm³/mol. The fourth-order valence-corrected chi connectivity index (χ4v) is 2.44. The molecule has 0 spiro atoms. The van der Waals surface area contributed by atoms with Crippen LogP contribution in [0, 0.1) is 17.8 Å². The van der Waals surface area contributed by atoms with Crippen molar-refractivity contribution >= 4 is 5.78 Å². The normalized spacial score (nSPS) is 15.3. The highest BCUT2D eigenvalue weighted by Gasteiger charge is 2.25. The van der Waals surface area contributed by atoms with Crippen molar-refractivity contribution in [1.82, 2.24) is 0 Å². The highest BCUT2D eigenvalue weighted by atomic mass is 16.1. The Balaban J connectivity index is 4.32. The molecule has 0 saturated carbocycles. The molecule has 0 amide bonds. The minimum absolute atomic E-state index is 0.248. The van der Waals surface area contributed by atoms with E-state index in [1.165, 1.54) is 25.7 Å². The lowest BCUT2D eigenvalue weighted by atomic mass is 9.77. The van der Waals surface area contributed by atoms with Gasteiger partial charge < -0.3 is 0 Å². The summed E-state index contributed by atoms with van der Waals surface area (Å²) in [5.41, 5.74) is 0. The van der Waals surface area contributed by atoms with Gasteiger partial charge in [-0.3, -0.25) is 4.79 Å². The van der Waals surface area contributed by atoms with Gasteiger partial charge in [0.15, 0.2) is 0 Å². The van der Waals surface area contributed by atoms with Crippen LogP contribution in [0.3, 0.4) is 0 Å². The monoisotopic (exact) mass is 212 g/mol. The first-order chi connectivity index (χ1) is 7.08. The molecule has 0 heterocycles. The zero-order valence-electron chi connectivity index (χ0n) is 11.2. The number of carbonyl (C=O) groups excluding carboxylic acids is 1. The first kappa shape index (κ1) is 14.7. The largest absolute Gasteiger partial charge is 0.299 e. The molecule has 2 atom stereocenters. The highest BCUT2D eigenvalue weighted by Crippen LogP contribution is 2.29. The molecule has 0 aliphatic carbocycles. The number of ketones is 1. The maximum atomic E-state index is 11.7. The Morgan fingerprint density at radius 2 is 1.47 bits per heavy atom. The third-order valence-electron chi connectivity index (χ3n) is 3.71. The summed E-state index contributed by atoms with van der Waals surface area (Å²) in [6.45, 7) is 10.8. The fraction of sp³-hybridized carbons (Fsp3) is 0.929. The number of hydrogen-bond acceptors (Lipinski definition) is 1. The van der Waals surface area contributed by atoms with Crippen molar-refractivity contribution in [3.05, 3.63) is 0 Å². The average Bonchev–Trinajstić information content (AvgIpc) is 2.25. The van der Waals surface area contributed by atoms with Gasteiger partial charge in [-0.25, -0.2) is 0 Å². The molecule has 0 aliphatic heterocycles. The standard InChI is InChI=1S/C14H28O/c1-6-9-13(10-7-2)11(4)12(5)14(15)8-3/h11-13H,6-10H2,1-5H3. The van der Waals surface area contributed by atoms with Gasteiger partial charge in [-0.2, -0.15) is 0 Å². The molecule has 0 fully saturated rings. The molecule has 0 aromatic heterocycles. The summed E-state index contributed by atoms with van der Waals surface area (Å²) in [6.07, 6.45) is 5.72. The van der Waals surface area contributed by atoms with Crippen LogP contribution in [0.2, 0.25) is 0 Å². The van der Waals surface area contributed by atoms with E-state index in [0.29, 0.717) is 18.1 Å². The Morgan fingerprint density at radius 3 is 1.80 bits per heavy atom. The molecule has 1 nitrogen and oxygen atoms in total. The number of hydrogen-bond donors (Lipinski definition) is 0. The molecule has 0 aromatic rings. The second-order valence-electron chi connectivity index (χ2n) is 4.81. The Bertz CT molecular complexity index is 168. The highest BCUT2D eigenvalue weighted by molar-refractivity contribution is 5.80. The molecule has 90 valence electrons. The first-order valence-corrected chi connectivity index (χ1v) is 6.61. The van der Waals surface area contributed by atoms with Gasteiger partial charge in [-0.1, -0.05) is 60.3 Å². The minimum atomic E-state index is 0.248. The number of carbonyl (C=O) groups is 1. The van der Waals surface area contributed by atoms with Gasteiger partial charge in [0.25, 0.3) is 0 Å². The van der Waals surface area contributed by atoms with Crippen LogP contribution in [0.25, 0.3) is 0 Å². The summed E-state index contributed by atoms with van der Waals surface area (Å²) in [6, 6.07) is 0. The van der Waals surface area contributed by atoms with E-state index in [0.717, 1.165) is 5.92 Å². The summed E-state index contributed by atoms with van der Waals surface area (Å²) in [4.78, 5) is 11.7. The van der Waals surface area contributed by atoms with Gasteiger partial charge in [-0.15, -0.1) is 0 Å². The van der Waals surface area contributed by atoms with Crippen LogP contribution in [0.5, 0.6) is 0 Å². The van der Waals surface area contributed by atoms with E-state index >= 15 is 0 Å². The lowest BCUT2D eigenvalue weighted by Gasteiger charge is -2.27. The van der Waals surface area contributed by atoms with Crippen molar-refractivity contribution < 1.29 is 4.79 Å². The molecule has 2 unspecified atom stereocenters. The maximum Gasteiger partial charge on any atom is 0.135 e. The van der Waals surface area contributed by atoms with Gasteiger partial charge >= 0.3 is 0 Å². The predicted octanol–water partition coefficient (Wildman–Crippen LogP) is 4.45. The van der Waals surface area contributed by atoms with Crippen LogP contribution in [-0.2, 0) is 4.79 Å². The summed E-state index contributed by atoms with van der Waals surface area (Å²) < 4.78 is 0. The molecule has 0 radical (unpaired) electrons. The molecule has 0 aliphatic rings. The van der Waals surface area contributed by atoms with E-state index in [9.17, 15) is 4.79 Å². The van der Waals surface area contributed by atoms with E-state index in [1.54, 1.807) is 0 Å². The van der Waals surface area contributed by atoms with Crippen LogP contribution >= 0.6 is 0 Å². The number of Topliss-reactive ketones (excluding diaryl/α,β-unsaturated/α-hetero) is 1. The Labute approximate surface area is 95.6 Å². The van der Waals surface area contributed by atoms with Gasteiger partial charge in [0.05, 0.1) is 0 Å². The Hall–Kier alpha value is -0.330. The quantitative estimate of drug-likeness (QED) is 0.581. The lowest BCUT2D eigenvalue weighted by molar-refractivity contribution is -0.124. The zero-order valence-corrected chi connectivity index (χ0v) is 11.2. The van der Waals surface area contributed by atoms with E-state index in [2.05, 4.69) is 27.7 Å². The number of rotatable bonds is 8. The third kappa shape index (κ3) is 4.81. The van der Waals surface area contributed by atoms with Gasteiger partial charge in [0, 0.05) is 12.3 Å². The van der Waals surface area contributed by atoms with Crippen LogP contribution in [0.4, 0.5) is 0 Å². The molecule has 0 saturated heterocycles. The van der Waals surface area contributed by atoms with E-state index in [-0.39, 0.29) is 5.92 Å². The molecule has 0 aromatic carbocycles. The molecule has 0 N–H and O–H groups in total. The van der Waals surface area contributed by atoms with E-state index in [1.807, 2.05) is 6.92 Å². The average molecular weight is 212 g/mol. The maximum absolute atomic E-state index is 11.7. The van der Waals surface area contributed by atoms with Crippen molar-refractivity contribution in [3.8, 4) is 0 Å². The van der Waals surface area contributed by atoms with Gasteiger partial charge in [0.2, 0.25) is 0 Å². The van der Waals surface area contributed by atoms with Crippen LogP contribution in [0.15, 0.2) is 0 Å². The smallest absolute Gasteiger partial charge is 0.135 e. The first-order valence-electron chi connectivity index (χ1n) is 6.61. The van der Waals surface area contributed by atoms with Crippen LogP contribution in [0.1, 0.15) is 66.7 Å². The summed E-state index contributed by atoms with van der Waals surface area (Å²) in [5, 5.41) is 0. The van der Waals surface area contributed by atoms with Crippen molar-refractivity contribution in [2.75, 3.05) is 0 Å². The summed E-state index contributed by atoms with van der Waals surface area (Å²) in [7, 11) is 0. The third-order valence-corrected chi connectivity index (χ3v) is 3.71. The molecule has 1 heteroatoms. The Kier molecular flexibility index (Phi) is 7.72. The second-order valence-corrected chi connectivity index (χ2v) is 4.81. The molecule has 15 heavy (non-hydrogen) atoms.